The van der Waals surface area contributed by atoms with Crippen molar-refractivity contribution in [3.8, 4) is 6.07 Å². The van der Waals surface area contributed by atoms with Crippen molar-refractivity contribution < 1.29 is 0 Å². The Kier molecular flexibility index (Phi) is 4.32. The maximum Gasteiger partial charge on any atom is 0.0991 e. The molecule has 2 rings (SSSR count). The van der Waals surface area contributed by atoms with Gasteiger partial charge in [-0.3, -0.25) is 4.68 Å². The van der Waals surface area contributed by atoms with Gasteiger partial charge in [0.1, 0.15) is 0 Å². The summed E-state index contributed by atoms with van der Waals surface area (Å²) in [5, 5.41) is 16.4. The van der Waals surface area contributed by atoms with E-state index < -0.39 is 0 Å². The second-order valence-corrected chi connectivity index (χ2v) is 4.70. The standard InChI is InChI=1S/C15H18N4/c1-12-7-13(8-16)3-4-15(12)10-17-6-5-14-9-18-19(2)11-14/h3-4,7,9,11,17H,5-6,10H2,1-2H3. The number of aromatic nitrogens is 2. The van der Waals surface area contributed by atoms with Gasteiger partial charge in [-0.05, 0) is 48.7 Å². The quantitative estimate of drug-likeness (QED) is 0.830. The first-order valence-electron chi connectivity index (χ1n) is 6.37. The zero-order valence-electron chi connectivity index (χ0n) is 11.3. The van der Waals surface area contributed by atoms with Gasteiger partial charge in [-0.15, -0.1) is 0 Å². The van der Waals surface area contributed by atoms with Crippen molar-refractivity contribution in [2.45, 2.75) is 19.9 Å². The van der Waals surface area contributed by atoms with Crippen LogP contribution in [0.3, 0.4) is 0 Å². The maximum absolute atomic E-state index is 8.82. The Morgan fingerprint density at radius 2 is 2.26 bits per heavy atom. The van der Waals surface area contributed by atoms with Crippen molar-refractivity contribution in [2.24, 2.45) is 7.05 Å². The number of hydrogen-bond acceptors (Lipinski definition) is 3. The second-order valence-electron chi connectivity index (χ2n) is 4.70. The first kappa shape index (κ1) is 13.3. The third-order valence-electron chi connectivity index (χ3n) is 3.14. The molecule has 0 saturated carbocycles. The molecule has 0 aliphatic carbocycles. The van der Waals surface area contributed by atoms with Gasteiger partial charge < -0.3 is 5.32 Å². The van der Waals surface area contributed by atoms with E-state index in [0.717, 1.165) is 30.6 Å². The molecule has 4 nitrogen and oxygen atoms in total. The zero-order chi connectivity index (χ0) is 13.7. The van der Waals surface area contributed by atoms with Gasteiger partial charge in [-0.25, -0.2) is 0 Å². The molecule has 0 unspecified atom stereocenters. The highest BCUT2D eigenvalue weighted by atomic mass is 15.2. The predicted molar refractivity (Wildman–Crippen MR) is 74.5 cm³/mol. The molecule has 0 amide bonds. The minimum Gasteiger partial charge on any atom is -0.312 e. The molecule has 0 fully saturated rings. The molecule has 0 saturated heterocycles. The Hall–Kier alpha value is -2.12. The summed E-state index contributed by atoms with van der Waals surface area (Å²) in [6, 6.07) is 7.97. The maximum atomic E-state index is 8.82. The lowest BCUT2D eigenvalue weighted by atomic mass is 10.1. The molecule has 2 aromatic rings. The number of nitrogens with zero attached hydrogens (tertiary/aromatic N) is 3. The number of rotatable bonds is 5. The van der Waals surface area contributed by atoms with E-state index in [1.54, 1.807) is 0 Å². The van der Waals surface area contributed by atoms with Crippen LogP contribution in [0.2, 0.25) is 0 Å². The highest BCUT2D eigenvalue weighted by Crippen LogP contribution is 2.10. The van der Waals surface area contributed by atoms with E-state index in [0.29, 0.717) is 0 Å². The van der Waals surface area contributed by atoms with Crippen molar-refractivity contribution in [3.63, 3.8) is 0 Å². The minimum atomic E-state index is 0.719. The smallest absolute Gasteiger partial charge is 0.0991 e. The first-order valence-corrected chi connectivity index (χ1v) is 6.37. The number of aryl methyl sites for hydroxylation is 2. The van der Waals surface area contributed by atoms with Gasteiger partial charge in [0.05, 0.1) is 17.8 Å². The Morgan fingerprint density at radius 1 is 1.42 bits per heavy atom. The summed E-state index contributed by atoms with van der Waals surface area (Å²) in [6.45, 7) is 3.79. The molecule has 0 spiro atoms. The highest BCUT2D eigenvalue weighted by molar-refractivity contribution is 5.37. The minimum absolute atomic E-state index is 0.719. The second kappa shape index (κ2) is 6.17. The van der Waals surface area contributed by atoms with E-state index in [1.807, 2.05) is 49.2 Å². The summed E-state index contributed by atoms with van der Waals surface area (Å²) in [6.07, 6.45) is 4.91. The van der Waals surface area contributed by atoms with Crippen LogP contribution >= 0.6 is 0 Å². The van der Waals surface area contributed by atoms with E-state index in [1.165, 1.54) is 11.1 Å². The lowest BCUT2D eigenvalue weighted by molar-refractivity contribution is 0.684. The summed E-state index contributed by atoms with van der Waals surface area (Å²) in [5.74, 6) is 0. The molecular weight excluding hydrogens is 236 g/mol. The van der Waals surface area contributed by atoms with Gasteiger partial charge in [0.15, 0.2) is 0 Å². The molecule has 1 aromatic heterocycles. The van der Waals surface area contributed by atoms with Gasteiger partial charge >= 0.3 is 0 Å². The molecule has 0 bridgehead atoms. The summed E-state index contributed by atoms with van der Waals surface area (Å²) in [7, 11) is 1.93. The van der Waals surface area contributed by atoms with Crippen LogP contribution in [0.5, 0.6) is 0 Å². The number of benzene rings is 1. The van der Waals surface area contributed by atoms with Crippen LogP contribution < -0.4 is 5.32 Å². The van der Waals surface area contributed by atoms with Crippen LogP contribution in [-0.4, -0.2) is 16.3 Å². The van der Waals surface area contributed by atoms with Crippen molar-refractivity contribution in [3.05, 3.63) is 52.8 Å². The SMILES string of the molecule is Cc1cc(C#N)ccc1CNCCc1cnn(C)c1. The van der Waals surface area contributed by atoms with Crippen molar-refractivity contribution in [1.82, 2.24) is 15.1 Å². The molecule has 1 heterocycles. The normalized spacial score (nSPS) is 10.4. The largest absolute Gasteiger partial charge is 0.312 e. The fraction of sp³-hybridized carbons (Fsp3) is 0.333. The molecule has 4 heteroatoms. The Morgan fingerprint density at radius 3 is 2.89 bits per heavy atom. The van der Waals surface area contributed by atoms with Crippen LogP contribution in [0.1, 0.15) is 22.3 Å². The summed E-state index contributed by atoms with van der Waals surface area (Å²) >= 11 is 0. The van der Waals surface area contributed by atoms with E-state index >= 15 is 0 Å². The van der Waals surface area contributed by atoms with Gasteiger partial charge in [0.25, 0.3) is 0 Å². The van der Waals surface area contributed by atoms with Crippen molar-refractivity contribution in [2.75, 3.05) is 6.54 Å². The Balaban J connectivity index is 1.81. The summed E-state index contributed by atoms with van der Waals surface area (Å²) in [5.41, 5.74) is 4.36. The Labute approximate surface area is 113 Å². The molecule has 0 radical (unpaired) electrons. The molecule has 0 aliphatic heterocycles. The van der Waals surface area contributed by atoms with Crippen LogP contribution in [0.4, 0.5) is 0 Å². The lowest BCUT2D eigenvalue weighted by Crippen LogP contribution is -2.17. The van der Waals surface area contributed by atoms with Gasteiger partial charge in [0.2, 0.25) is 0 Å². The summed E-state index contributed by atoms with van der Waals surface area (Å²) in [4.78, 5) is 0. The molecule has 1 N–H and O–H groups in total. The van der Waals surface area contributed by atoms with Crippen LogP contribution in [0.15, 0.2) is 30.6 Å². The van der Waals surface area contributed by atoms with Crippen LogP contribution in [0, 0.1) is 18.3 Å². The third kappa shape index (κ3) is 3.67. The van der Waals surface area contributed by atoms with Crippen molar-refractivity contribution in [1.29, 1.82) is 5.26 Å². The molecule has 98 valence electrons. The third-order valence-corrected chi connectivity index (χ3v) is 3.14. The molecule has 0 atom stereocenters. The predicted octanol–water partition coefficient (Wildman–Crippen LogP) is 1.93. The summed E-state index contributed by atoms with van der Waals surface area (Å²) < 4.78 is 1.82. The fourth-order valence-corrected chi connectivity index (χ4v) is 2.02. The number of nitrogens with one attached hydrogen (secondary N) is 1. The molecule has 0 aliphatic rings. The average Bonchev–Trinajstić information content (AvgIpc) is 2.82. The van der Waals surface area contributed by atoms with Crippen LogP contribution in [0.25, 0.3) is 0 Å². The van der Waals surface area contributed by atoms with E-state index in [4.69, 9.17) is 5.26 Å². The Bertz CT molecular complexity index is 592. The fourth-order valence-electron chi connectivity index (χ4n) is 2.02. The van der Waals surface area contributed by atoms with E-state index in [9.17, 15) is 0 Å². The monoisotopic (exact) mass is 254 g/mol. The van der Waals surface area contributed by atoms with Crippen LogP contribution in [-0.2, 0) is 20.0 Å². The number of hydrogen-bond donors (Lipinski definition) is 1. The highest BCUT2D eigenvalue weighted by Gasteiger charge is 2.00. The van der Waals surface area contributed by atoms with E-state index in [-0.39, 0.29) is 0 Å². The molecule has 19 heavy (non-hydrogen) atoms. The average molecular weight is 254 g/mol. The molecule has 1 aromatic carbocycles. The van der Waals surface area contributed by atoms with Crippen molar-refractivity contribution >= 4 is 0 Å². The zero-order valence-corrected chi connectivity index (χ0v) is 11.3. The first-order chi connectivity index (χ1) is 9.19. The molecular formula is C15H18N4. The van der Waals surface area contributed by atoms with E-state index in [2.05, 4.69) is 16.5 Å². The van der Waals surface area contributed by atoms with Gasteiger partial charge in [-0.1, -0.05) is 6.07 Å². The van der Waals surface area contributed by atoms with Gasteiger partial charge in [-0.2, -0.15) is 10.4 Å². The number of nitriles is 1. The lowest BCUT2D eigenvalue weighted by Gasteiger charge is -2.07. The topological polar surface area (TPSA) is 53.6 Å². The van der Waals surface area contributed by atoms with Gasteiger partial charge in [0, 0.05) is 19.8 Å².